The Balaban J connectivity index is 1.44. The maximum absolute atomic E-state index is 14.2. The number of sulfonamides is 1. The first-order valence-electron chi connectivity index (χ1n) is 10.1. The molecule has 8 nitrogen and oxygen atoms in total. The lowest BCUT2D eigenvalue weighted by molar-refractivity contribution is 0.0746. The van der Waals surface area contributed by atoms with E-state index in [0.29, 0.717) is 43.4 Å². The van der Waals surface area contributed by atoms with E-state index in [4.69, 9.17) is 0 Å². The molecule has 0 unspecified atom stereocenters. The van der Waals surface area contributed by atoms with Gasteiger partial charge in [-0.2, -0.15) is 0 Å². The van der Waals surface area contributed by atoms with Crippen molar-refractivity contribution < 1.29 is 17.6 Å². The zero-order chi connectivity index (χ0) is 22.9. The highest BCUT2D eigenvalue weighted by molar-refractivity contribution is 7.89. The minimum atomic E-state index is -3.54. The SMILES string of the molecule is CN(C)S(=O)(=O)c1ccc(C(=O)N2CCN(c3nccn3-c3ccccc3F)CC2)cc1. The Morgan fingerprint density at radius 3 is 2.28 bits per heavy atom. The van der Waals surface area contributed by atoms with Gasteiger partial charge in [-0.05, 0) is 36.4 Å². The molecule has 0 atom stereocenters. The number of imidazole rings is 1. The minimum Gasteiger partial charge on any atom is -0.338 e. The van der Waals surface area contributed by atoms with Crippen LogP contribution in [0.25, 0.3) is 5.69 Å². The lowest BCUT2D eigenvalue weighted by Gasteiger charge is -2.35. The first kappa shape index (κ1) is 22.0. The molecule has 4 rings (SSSR count). The Morgan fingerprint density at radius 2 is 1.66 bits per heavy atom. The van der Waals surface area contributed by atoms with Crippen LogP contribution in [0.1, 0.15) is 10.4 Å². The molecule has 1 fully saturated rings. The van der Waals surface area contributed by atoms with Crippen molar-refractivity contribution in [1.82, 2.24) is 18.8 Å². The molecule has 2 heterocycles. The summed E-state index contributed by atoms with van der Waals surface area (Å²) in [5.74, 6) is 0.136. The highest BCUT2D eigenvalue weighted by atomic mass is 32.2. The van der Waals surface area contributed by atoms with Crippen molar-refractivity contribution in [2.45, 2.75) is 4.90 Å². The third-order valence-electron chi connectivity index (χ3n) is 5.46. The number of aromatic nitrogens is 2. The molecule has 168 valence electrons. The number of benzene rings is 2. The van der Waals surface area contributed by atoms with E-state index in [2.05, 4.69) is 4.98 Å². The normalized spacial score (nSPS) is 14.8. The third-order valence-corrected chi connectivity index (χ3v) is 7.29. The second kappa shape index (κ2) is 8.71. The number of carbonyl (C=O) groups excluding carboxylic acids is 1. The van der Waals surface area contributed by atoms with Gasteiger partial charge in [0.2, 0.25) is 16.0 Å². The van der Waals surface area contributed by atoms with Gasteiger partial charge >= 0.3 is 0 Å². The molecule has 1 saturated heterocycles. The predicted molar refractivity (Wildman–Crippen MR) is 119 cm³/mol. The molecule has 2 aromatic carbocycles. The number of halogens is 1. The molecule has 32 heavy (non-hydrogen) atoms. The molecule has 10 heteroatoms. The fraction of sp³-hybridized carbons (Fsp3) is 0.273. The number of hydrogen-bond donors (Lipinski definition) is 0. The van der Waals surface area contributed by atoms with E-state index in [1.54, 1.807) is 40.1 Å². The van der Waals surface area contributed by atoms with E-state index in [1.807, 2.05) is 4.90 Å². The number of carbonyl (C=O) groups is 1. The summed E-state index contributed by atoms with van der Waals surface area (Å²) in [4.78, 5) is 21.2. The number of hydrogen-bond acceptors (Lipinski definition) is 5. The summed E-state index contributed by atoms with van der Waals surface area (Å²) < 4.78 is 41.5. The van der Waals surface area contributed by atoms with Crippen LogP contribution in [0.4, 0.5) is 10.3 Å². The molecule has 0 radical (unpaired) electrons. The van der Waals surface area contributed by atoms with Gasteiger partial charge in [0.1, 0.15) is 5.82 Å². The zero-order valence-electron chi connectivity index (χ0n) is 17.8. The Morgan fingerprint density at radius 1 is 1.00 bits per heavy atom. The zero-order valence-corrected chi connectivity index (χ0v) is 18.7. The summed E-state index contributed by atoms with van der Waals surface area (Å²) in [6, 6.07) is 12.5. The van der Waals surface area contributed by atoms with Gasteiger partial charge in [-0.15, -0.1) is 0 Å². The van der Waals surface area contributed by atoms with E-state index < -0.39 is 10.0 Å². The van der Waals surface area contributed by atoms with E-state index in [-0.39, 0.29) is 16.6 Å². The molecule has 1 amide bonds. The number of amides is 1. The maximum Gasteiger partial charge on any atom is 0.253 e. The molecule has 0 aliphatic carbocycles. The number of rotatable bonds is 5. The molecule has 0 spiro atoms. The van der Waals surface area contributed by atoms with E-state index >= 15 is 0 Å². The standard InChI is InChI=1S/C22H24FN5O3S/c1-25(2)32(30,31)18-9-7-17(8-10-18)21(29)26-13-15-27(16-14-26)22-24-11-12-28(22)20-6-4-3-5-19(20)23/h3-12H,13-16H2,1-2H3. The van der Waals surface area contributed by atoms with Crippen molar-refractivity contribution >= 4 is 21.9 Å². The van der Waals surface area contributed by atoms with Crippen molar-refractivity contribution in [1.29, 1.82) is 0 Å². The quantitative estimate of drug-likeness (QED) is 0.587. The topological polar surface area (TPSA) is 78.8 Å². The maximum atomic E-state index is 14.2. The van der Waals surface area contributed by atoms with E-state index in [0.717, 1.165) is 4.31 Å². The van der Waals surface area contributed by atoms with Crippen LogP contribution < -0.4 is 4.90 Å². The lowest BCUT2D eigenvalue weighted by atomic mass is 10.2. The van der Waals surface area contributed by atoms with Crippen LogP contribution in [0.15, 0.2) is 65.8 Å². The fourth-order valence-corrected chi connectivity index (χ4v) is 4.54. The summed E-state index contributed by atoms with van der Waals surface area (Å²) in [5, 5.41) is 0. The van der Waals surface area contributed by atoms with Gasteiger partial charge in [0, 0.05) is 58.2 Å². The second-order valence-corrected chi connectivity index (χ2v) is 9.79. The van der Waals surface area contributed by atoms with Gasteiger partial charge in [0.15, 0.2) is 0 Å². The Bertz CT molecular complexity index is 1220. The smallest absolute Gasteiger partial charge is 0.253 e. The Kier molecular flexibility index (Phi) is 5.98. The molecule has 1 aliphatic heterocycles. The first-order chi connectivity index (χ1) is 15.3. The van der Waals surface area contributed by atoms with Crippen LogP contribution in [-0.4, -0.2) is 73.4 Å². The molecule has 0 bridgehead atoms. The van der Waals surface area contributed by atoms with Crippen molar-refractivity contribution in [3.63, 3.8) is 0 Å². The summed E-state index contributed by atoms with van der Waals surface area (Å²) >= 11 is 0. The molecule has 0 saturated carbocycles. The van der Waals surface area contributed by atoms with Crippen molar-refractivity contribution in [2.75, 3.05) is 45.2 Å². The van der Waals surface area contributed by atoms with E-state index in [9.17, 15) is 17.6 Å². The average molecular weight is 458 g/mol. The third kappa shape index (κ3) is 4.11. The number of piperazine rings is 1. The Labute approximate surface area is 186 Å². The average Bonchev–Trinajstić information content (AvgIpc) is 3.28. The van der Waals surface area contributed by atoms with Gasteiger partial charge in [0.25, 0.3) is 5.91 Å². The van der Waals surface area contributed by atoms with Gasteiger partial charge in [-0.25, -0.2) is 22.1 Å². The van der Waals surface area contributed by atoms with Crippen LogP contribution in [0.2, 0.25) is 0 Å². The van der Waals surface area contributed by atoms with Crippen molar-refractivity contribution in [3.8, 4) is 5.69 Å². The molecule has 3 aromatic rings. The number of nitrogens with zero attached hydrogens (tertiary/aromatic N) is 5. The summed E-state index contributed by atoms with van der Waals surface area (Å²) in [6.45, 7) is 2.04. The van der Waals surface area contributed by atoms with Crippen LogP contribution in [0, 0.1) is 5.82 Å². The molecule has 1 aromatic heterocycles. The van der Waals surface area contributed by atoms with Crippen LogP contribution in [0.5, 0.6) is 0 Å². The highest BCUT2D eigenvalue weighted by Gasteiger charge is 2.25. The molecule has 1 aliphatic rings. The van der Waals surface area contributed by atoms with Crippen LogP contribution in [0.3, 0.4) is 0 Å². The van der Waals surface area contributed by atoms with Crippen LogP contribution >= 0.6 is 0 Å². The van der Waals surface area contributed by atoms with Crippen molar-refractivity contribution in [3.05, 3.63) is 72.3 Å². The van der Waals surface area contributed by atoms with Gasteiger partial charge in [-0.1, -0.05) is 12.1 Å². The number of anilines is 1. The summed E-state index contributed by atoms with van der Waals surface area (Å²) in [6.07, 6.45) is 3.34. The summed E-state index contributed by atoms with van der Waals surface area (Å²) in [7, 11) is -0.614. The molecular formula is C22H24FN5O3S. The summed E-state index contributed by atoms with van der Waals surface area (Å²) in [5.41, 5.74) is 0.857. The van der Waals surface area contributed by atoms with E-state index in [1.165, 1.54) is 44.4 Å². The second-order valence-electron chi connectivity index (χ2n) is 7.64. The van der Waals surface area contributed by atoms with Crippen molar-refractivity contribution in [2.24, 2.45) is 0 Å². The van der Waals surface area contributed by atoms with Crippen LogP contribution in [-0.2, 0) is 10.0 Å². The minimum absolute atomic E-state index is 0.142. The van der Waals surface area contributed by atoms with Gasteiger partial charge in [0.05, 0.1) is 10.6 Å². The highest BCUT2D eigenvalue weighted by Crippen LogP contribution is 2.22. The predicted octanol–water partition coefficient (Wildman–Crippen LogP) is 2.22. The lowest BCUT2D eigenvalue weighted by Crippen LogP contribution is -2.49. The molecular weight excluding hydrogens is 433 g/mol. The fourth-order valence-electron chi connectivity index (χ4n) is 3.64. The largest absolute Gasteiger partial charge is 0.338 e. The Hall–Kier alpha value is -3.24. The number of para-hydroxylation sites is 1. The van der Waals surface area contributed by atoms with Gasteiger partial charge in [-0.3, -0.25) is 9.36 Å². The molecule has 0 N–H and O–H groups in total. The monoisotopic (exact) mass is 457 g/mol. The first-order valence-corrected chi connectivity index (χ1v) is 11.6. The van der Waals surface area contributed by atoms with Gasteiger partial charge < -0.3 is 9.80 Å².